The predicted molar refractivity (Wildman–Crippen MR) is 72.9 cm³/mol. The van der Waals surface area contributed by atoms with Crippen LogP contribution < -0.4 is 4.74 Å². The molecule has 0 saturated heterocycles. The Labute approximate surface area is 111 Å². The van der Waals surface area contributed by atoms with Crippen molar-refractivity contribution in [1.82, 2.24) is 0 Å². The van der Waals surface area contributed by atoms with Gasteiger partial charge in [0, 0.05) is 11.8 Å². The maximum absolute atomic E-state index is 9.61. The molecule has 0 spiro atoms. The molecule has 0 aromatic heterocycles. The highest BCUT2D eigenvalue weighted by Gasteiger charge is 2.01. The number of phenols is 1. The van der Waals surface area contributed by atoms with Crippen LogP contribution in [0.3, 0.4) is 0 Å². The molecule has 2 rings (SSSR count). The molecule has 0 bridgehead atoms. The van der Waals surface area contributed by atoms with Crippen molar-refractivity contribution in [2.75, 3.05) is 6.61 Å². The van der Waals surface area contributed by atoms with Crippen molar-refractivity contribution in [2.45, 2.75) is 0 Å². The summed E-state index contributed by atoms with van der Waals surface area (Å²) in [5.74, 6) is 0.706. The Hall–Kier alpha value is -2.80. The minimum Gasteiger partial charge on any atom is -0.506 e. The Morgan fingerprint density at radius 3 is 2.68 bits per heavy atom. The van der Waals surface area contributed by atoms with Crippen LogP contribution in [0.2, 0.25) is 0 Å². The summed E-state index contributed by atoms with van der Waals surface area (Å²) in [4.78, 5) is 4.21. The van der Waals surface area contributed by atoms with E-state index >= 15 is 0 Å². The summed E-state index contributed by atoms with van der Waals surface area (Å²) < 4.78 is 5.29. The summed E-state index contributed by atoms with van der Waals surface area (Å²) >= 11 is 0. The number of para-hydroxylation sites is 3. The molecule has 0 aliphatic carbocycles. The fourth-order valence-corrected chi connectivity index (χ4v) is 1.54. The third kappa shape index (κ3) is 3.33. The summed E-state index contributed by atoms with van der Waals surface area (Å²) in [5.41, 5.74) is 1.23. The van der Waals surface area contributed by atoms with Gasteiger partial charge in [-0.3, -0.25) is 4.99 Å². The van der Waals surface area contributed by atoms with Crippen LogP contribution in [0.4, 0.5) is 5.69 Å². The molecule has 0 heterocycles. The van der Waals surface area contributed by atoms with Gasteiger partial charge in [-0.05, 0) is 24.3 Å². The molecule has 1 N–H and O–H groups in total. The lowest BCUT2D eigenvalue weighted by Gasteiger charge is -2.04. The Morgan fingerprint density at radius 1 is 1.16 bits per heavy atom. The fraction of sp³-hybridized carbons (Fsp3) is 0.0667. The van der Waals surface area contributed by atoms with Crippen LogP contribution in [0.5, 0.6) is 11.5 Å². The zero-order valence-electron chi connectivity index (χ0n) is 10.2. The number of hydrogen-bond donors (Lipinski definition) is 1. The molecule has 0 aliphatic rings. The van der Waals surface area contributed by atoms with E-state index in [9.17, 15) is 5.11 Å². The van der Waals surface area contributed by atoms with Gasteiger partial charge in [-0.25, -0.2) is 0 Å². The lowest BCUT2D eigenvalue weighted by Crippen LogP contribution is -1.96. The largest absolute Gasteiger partial charge is 0.506 e. The van der Waals surface area contributed by atoms with Crippen LogP contribution in [-0.2, 0) is 0 Å². The first-order chi connectivity index (χ1) is 9.31. The van der Waals surface area contributed by atoms with Crippen molar-refractivity contribution in [3.63, 3.8) is 0 Å². The molecule has 4 nitrogen and oxygen atoms in total. The van der Waals surface area contributed by atoms with E-state index in [0.29, 0.717) is 11.4 Å². The normalized spacial score (nSPS) is 10.3. The predicted octanol–water partition coefficient (Wildman–Crippen LogP) is 3.05. The molecule has 0 saturated carbocycles. The van der Waals surface area contributed by atoms with E-state index in [0.717, 1.165) is 5.56 Å². The topological polar surface area (TPSA) is 65.6 Å². The van der Waals surface area contributed by atoms with E-state index in [1.165, 1.54) is 0 Å². The van der Waals surface area contributed by atoms with Gasteiger partial charge in [0.25, 0.3) is 0 Å². The van der Waals surface area contributed by atoms with Crippen molar-refractivity contribution in [2.24, 2.45) is 4.99 Å². The van der Waals surface area contributed by atoms with Crippen molar-refractivity contribution >= 4 is 11.9 Å². The van der Waals surface area contributed by atoms with Crippen LogP contribution in [0.25, 0.3) is 0 Å². The molecular weight excluding hydrogens is 240 g/mol. The monoisotopic (exact) mass is 252 g/mol. The van der Waals surface area contributed by atoms with Gasteiger partial charge in [0.15, 0.2) is 6.61 Å². The highest BCUT2D eigenvalue weighted by Crippen LogP contribution is 2.25. The number of nitriles is 1. The maximum atomic E-state index is 9.61. The zero-order chi connectivity index (χ0) is 13.5. The van der Waals surface area contributed by atoms with Crippen LogP contribution in [0.1, 0.15) is 5.56 Å². The van der Waals surface area contributed by atoms with Gasteiger partial charge >= 0.3 is 0 Å². The molecule has 0 amide bonds. The first kappa shape index (κ1) is 12.7. The summed E-state index contributed by atoms with van der Waals surface area (Å²) in [6.07, 6.45) is 1.60. The van der Waals surface area contributed by atoms with Gasteiger partial charge in [0.1, 0.15) is 23.3 Å². The highest BCUT2D eigenvalue weighted by molar-refractivity contribution is 5.86. The van der Waals surface area contributed by atoms with Crippen molar-refractivity contribution in [3.8, 4) is 17.6 Å². The fourth-order valence-electron chi connectivity index (χ4n) is 1.54. The first-order valence-corrected chi connectivity index (χ1v) is 5.72. The average molecular weight is 252 g/mol. The minimum absolute atomic E-state index is 0.0125. The molecule has 0 unspecified atom stereocenters. The summed E-state index contributed by atoms with van der Waals surface area (Å²) in [6, 6.07) is 16.0. The second-order valence-corrected chi connectivity index (χ2v) is 3.73. The molecule has 0 atom stereocenters. The van der Waals surface area contributed by atoms with Gasteiger partial charge in [0.05, 0.1) is 0 Å². The number of rotatable bonds is 4. The molecular formula is C15H12N2O2. The Bertz CT molecular complexity index is 630. The van der Waals surface area contributed by atoms with E-state index in [1.54, 1.807) is 36.5 Å². The number of aromatic hydroxyl groups is 1. The van der Waals surface area contributed by atoms with Crippen molar-refractivity contribution in [1.29, 1.82) is 5.26 Å². The van der Waals surface area contributed by atoms with Gasteiger partial charge in [-0.1, -0.05) is 24.3 Å². The molecule has 2 aromatic carbocycles. The van der Waals surface area contributed by atoms with Crippen molar-refractivity contribution in [3.05, 3.63) is 54.1 Å². The zero-order valence-corrected chi connectivity index (χ0v) is 10.2. The number of nitrogens with zero attached hydrogens (tertiary/aromatic N) is 2. The van der Waals surface area contributed by atoms with E-state index in [2.05, 4.69) is 4.99 Å². The average Bonchev–Trinajstić information content (AvgIpc) is 2.45. The van der Waals surface area contributed by atoms with Gasteiger partial charge in [0.2, 0.25) is 0 Å². The van der Waals surface area contributed by atoms with E-state index in [1.807, 2.05) is 24.3 Å². The standard InChI is InChI=1S/C15H12N2O2/c16-9-10-19-15-8-4-1-5-12(15)11-17-13-6-2-3-7-14(13)18/h1-8,11,18H,10H2. The van der Waals surface area contributed by atoms with Gasteiger partial charge in [-0.2, -0.15) is 5.26 Å². The summed E-state index contributed by atoms with van der Waals surface area (Å²) in [5, 5.41) is 18.1. The van der Waals surface area contributed by atoms with E-state index in [4.69, 9.17) is 10.00 Å². The Balaban J connectivity index is 2.24. The Morgan fingerprint density at radius 2 is 1.89 bits per heavy atom. The van der Waals surface area contributed by atoms with Crippen LogP contribution in [0, 0.1) is 11.3 Å². The molecule has 19 heavy (non-hydrogen) atoms. The molecule has 94 valence electrons. The number of benzene rings is 2. The summed E-state index contributed by atoms with van der Waals surface area (Å²) in [7, 11) is 0. The molecule has 2 aromatic rings. The van der Waals surface area contributed by atoms with Gasteiger partial charge in [-0.15, -0.1) is 0 Å². The highest BCUT2D eigenvalue weighted by atomic mass is 16.5. The summed E-state index contributed by atoms with van der Waals surface area (Å²) in [6.45, 7) is -0.0125. The molecule has 4 heteroatoms. The Kier molecular flexibility index (Phi) is 4.14. The number of aliphatic imine (C=N–C) groups is 1. The van der Waals surface area contributed by atoms with Gasteiger partial charge < -0.3 is 9.84 Å². The van der Waals surface area contributed by atoms with E-state index in [-0.39, 0.29) is 12.4 Å². The quantitative estimate of drug-likeness (QED) is 0.850. The third-order valence-electron chi connectivity index (χ3n) is 2.44. The second-order valence-electron chi connectivity index (χ2n) is 3.73. The first-order valence-electron chi connectivity index (χ1n) is 5.72. The van der Waals surface area contributed by atoms with Crippen LogP contribution in [0.15, 0.2) is 53.5 Å². The third-order valence-corrected chi connectivity index (χ3v) is 2.44. The number of phenolic OH excluding ortho intramolecular Hbond substituents is 1. The molecule has 0 fully saturated rings. The maximum Gasteiger partial charge on any atom is 0.174 e. The van der Waals surface area contributed by atoms with E-state index < -0.39 is 0 Å². The number of ether oxygens (including phenoxy) is 1. The smallest absolute Gasteiger partial charge is 0.174 e. The SMILES string of the molecule is N#CCOc1ccccc1C=Nc1ccccc1O. The van der Waals surface area contributed by atoms with Crippen LogP contribution >= 0.6 is 0 Å². The lowest BCUT2D eigenvalue weighted by atomic mass is 10.2. The lowest BCUT2D eigenvalue weighted by molar-refractivity contribution is 0.367. The minimum atomic E-state index is -0.0125. The molecule has 0 radical (unpaired) electrons. The van der Waals surface area contributed by atoms with Crippen molar-refractivity contribution < 1.29 is 9.84 Å². The number of hydrogen-bond acceptors (Lipinski definition) is 4. The second kappa shape index (κ2) is 6.22. The molecule has 0 aliphatic heterocycles. The van der Waals surface area contributed by atoms with Crippen LogP contribution in [-0.4, -0.2) is 17.9 Å².